The molecule has 0 aliphatic carbocycles. The van der Waals surface area contributed by atoms with E-state index in [2.05, 4.69) is 19.2 Å². The van der Waals surface area contributed by atoms with E-state index >= 15 is 0 Å². The number of hydrogen-bond acceptors (Lipinski definition) is 4. The van der Waals surface area contributed by atoms with E-state index in [1.54, 1.807) is 4.57 Å². The Morgan fingerprint density at radius 2 is 2.00 bits per heavy atom. The molecule has 0 unspecified atom stereocenters. The molecule has 5 nitrogen and oxygen atoms in total. The lowest BCUT2D eigenvalue weighted by atomic mass is 10.1. The smallest absolute Gasteiger partial charge is 0.260 e. The van der Waals surface area contributed by atoms with Crippen molar-refractivity contribution in [3.05, 3.63) is 62.9 Å². The van der Waals surface area contributed by atoms with E-state index in [0.29, 0.717) is 36.6 Å². The number of aryl methyl sites for hydroxylation is 1. The third-order valence-corrected chi connectivity index (χ3v) is 5.56. The number of benzene rings is 1. The number of aromatic nitrogens is 1. The normalized spacial score (nSPS) is 11.2. The number of nitrogens with zero attached hydrogens (tertiary/aromatic N) is 1. The van der Waals surface area contributed by atoms with Gasteiger partial charge in [-0.25, -0.2) is 0 Å². The maximum absolute atomic E-state index is 13.0. The number of amides is 1. The number of rotatable bonds is 7. The molecule has 2 aromatic heterocycles. The van der Waals surface area contributed by atoms with Crippen LogP contribution in [0, 0.1) is 12.8 Å². The van der Waals surface area contributed by atoms with Crippen molar-refractivity contribution < 1.29 is 9.53 Å². The Balaban J connectivity index is 1.91. The molecule has 0 radical (unpaired) electrons. The molecule has 0 aliphatic rings. The largest absolute Gasteiger partial charge is 0.494 e. The molecule has 3 aromatic rings. The predicted octanol–water partition coefficient (Wildman–Crippen LogP) is 4.36. The molecule has 148 valence electrons. The first-order chi connectivity index (χ1) is 13.4. The summed E-state index contributed by atoms with van der Waals surface area (Å²) in [6, 6.07) is 9.57. The van der Waals surface area contributed by atoms with Crippen LogP contribution in [0.3, 0.4) is 0 Å². The van der Waals surface area contributed by atoms with Gasteiger partial charge >= 0.3 is 0 Å². The second-order valence-corrected chi connectivity index (χ2v) is 8.42. The van der Waals surface area contributed by atoms with Gasteiger partial charge in [0.15, 0.2) is 0 Å². The number of thiophene rings is 1. The second-order valence-electron chi connectivity index (χ2n) is 7.16. The van der Waals surface area contributed by atoms with E-state index < -0.39 is 0 Å². The minimum Gasteiger partial charge on any atom is -0.494 e. The number of para-hydroxylation sites is 1. The molecule has 3 rings (SSSR count). The lowest BCUT2D eigenvalue weighted by molar-refractivity contribution is 0.0952. The van der Waals surface area contributed by atoms with Gasteiger partial charge in [-0.15, -0.1) is 11.3 Å². The second kappa shape index (κ2) is 8.61. The maximum Gasteiger partial charge on any atom is 0.260 e. The Labute approximate surface area is 169 Å². The summed E-state index contributed by atoms with van der Waals surface area (Å²) >= 11 is 1.48. The van der Waals surface area contributed by atoms with Crippen LogP contribution in [0.5, 0.6) is 5.75 Å². The SMILES string of the molecule is CCOc1ccccc1CNC(=O)c1c(C)sc2ccn(CC(C)C)c(=O)c12. The minimum absolute atomic E-state index is 0.101. The van der Waals surface area contributed by atoms with Crippen LogP contribution >= 0.6 is 11.3 Å². The third-order valence-electron chi connectivity index (χ3n) is 4.49. The van der Waals surface area contributed by atoms with Gasteiger partial charge in [-0.2, -0.15) is 0 Å². The first-order valence-electron chi connectivity index (χ1n) is 9.53. The molecule has 0 saturated heterocycles. The number of nitrogens with one attached hydrogen (secondary N) is 1. The van der Waals surface area contributed by atoms with Crippen LogP contribution in [0.25, 0.3) is 10.1 Å². The third kappa shape index (κ3) is 4.12. The lowest BCUT2D eigenvalue weighted by Gasteiger charge is -2.11. The number of carbonyl (C=O) groups is 1. The van der Waals surface area contributed by atoms with E-state index in [1.165, 1.54) is 11.3 Å². The summed E-state index contributed by atoms with van der Waals surface area (Å²) in [4.78, 5) is 26.8. The van der Waals surface area contributed by atoms with Gasteiger partial charge in [0.25, 0.3) is 11.5 Å². The van der Waals surface area contributed by atoms with Gasteiger partial charge in [-0.1, -0.05) is 32.0 Å². The van der Waals surface area contributed by atoms with Gasteiger partial charge in [0, 0.05) is 34.4 Å². The monoisotopic (exact) mass is 398 g/mol. The molecule has 0 spiro atoms. The van der Waals surface area contributed by atoms with E-state index in [4.69, 9.17) is 4.74 Å². The fourth-order valence-electron chi connectivity index (χ4n) is 3.29. The highest BCUT2D eigenvalue weighted by atomic mass is 32.1. The van der Waals surface area contributed by atoms with Crippen molar-refractivity contribution in [1.29, 1.82) is 0 Å². The van der Waals surface area contributed by atoms with Crippen molar-refractivity contribution in [2.75, 3.05) is 6.61 Å². The Kier molecular flexibility index (Phi) is 6.19. The Morgan fingerprint density at radius 3 is 2.71 bits per heavy atom. The molecule has 0 atom stereocenters. The number of hydrogen-bond donors (Lipinski definition) is 1. The van der Waals surface area contributed by atoms with Crippen LogP contribution in [0.1, 0.15) is 41.6 Å². The van der Waals surface area contributed by atoms with Crippen molar-refractivity contribution in [2.45, 2.75) is 40.8 Å². The Bertz CT molecular complexity index is 1050. The molecule has 0 saturated carbocycles. The van der Waals surface area contributed by atoms with Gasteiger partial charge in [-0.3, -0.25) is 9.59 Å². The maximum atomic E-state index is 13.0. The number of carbonyl (C=O) groups excluding carboxylic acids is 1. The van der Waals surface area contributed by atoms with Gasteiger partial charge in [0.2, 0.25) is 0 Å². The summed E-state index contributed by atoms with van der Waals surface area (Å²) in [6.07, 6.45) is 1.82. The number of ether oxygens (including phenoxy) is 1. The summed E-state index contributed by atoms with van der Waals surface area (Å²) in [5.74, 6) is 0.883. The highest BCUT2D eigenvalue weighted by molar-refractivity contribution is 7.19. The van der Waals surface area contributed by atoms with Crippen LogP contribution in [0.2, 0.25) is 0 Å². The van der Waals surface area contributed by atoms with Crippen molar-refractivity contribution >= 4 is 27.3 Å². The van der Waals surface area contributed by atoms with Crippen LogP contribution < -0.4 is 15.6 Å². The van der Waals surface area contributed by atoms with Gasteiger partial charge in [0.1, 0.15) is 5.75 Å². The molecule has 6 heteroatoms. The molecule has 28 heavy (non-hydrogen) atoms. The quantitative estimate of drug-likeness (QED) is 0.643. The molecule has 2 heterocycles. The molecule has 1 amide bonds. The molecule has 0 bridgehead atoms. The molecular weight excluding hydrogens is 372 g/mol. The Hall–Kier alpha value is -2.60. The summed E-state index contributed by atoms with van der Waals surface area (Å²) in [5, 5.41) is 3.48. The zero-order valence-corrected chi connectivity index (χ0v) is 17.6. The average molecular weight is 399 g/mol. The van der Waals surface area contributed by atoms with E-state index in [9.17, 15) is 9.59 Å². The molecular formula is C22H26N2O3S. The first-order valence-corrected chi connectivity index (χ1v) is 10.4. The summed E-state index contributed by atoms with van der Waals surface area (Å²) in [7, 11) is 0. The zero-order chi connectivity index (χ0) is 20.3. The number of pyridine rings is 1. The van der Waals surface area contributed by atoms with E-state index in [-0.39, 0.29) is 11.5 Å². The summed E-state index contributed by atoms with van der Waals surface area (Å²) < 4.78 is 8.17. The highest BCUT2D eigenvalue weighted by Crippen LogP contribution is 2.28. The van der Waals surface area contributed by atoms with Crippen LogP contribution in [0.15, 0.2) is 41.3 Å². The van der Waals surface area contributed by atoms with Gasteiger partial charge < -0.3 is 14.6 Å². The number of fused-ring (bicyclic) bond motifs is 1. The first kappa shape index (κ1) is 20.1. The minimum atomic E-state index is -0.227. The standard InChI is InChI=1S/C22H26N2O3S/c1-5-27-17-9-7-6-8-16(17)12-23-21(25)19-15(4)28-18-10-11-24(13-14(2)3)22(26)20(18)19/h6-11,14H,5,12-13H2,1-4H3,(H,23,25). The highest BCUT2D eigenvalue weighted by Gasteiger charge is 2.20. The molecule has 1 N–H and O–H groups in total. The van der Waals surface area contributed by atoms with Crippen LogP contribution in [0.4, 0.5) is 0 Å². The summed E-state index contributed by atoms with van der Waals surface area (Å²) in [5.41, 5.74) is 1.29. The predicted molar refractivity (Wildman–Crippen MR) is 114 cm³/mol. The Morgan fingerprint density at radius 1 is 1.25 bits per heavy atom. The van der Waals surface area contributed by atoms with Crippen molar-refractivity contribution in [2.24, 2.45) is 5.92 Å². The van der Waals surface area contributed by atoms with E-state index in [0.717, 1.165) is 20.9 Å². The fourth-order valence-corrected chi connectivity index (χ4v) is 4.33. The van der Waals surface area contributed by atoms with Crippen LogP contribution in [-0.2, 0) is 13.1 Å². The van der Waals surface area contributed by atoms with Gasteiger partial charge in [0.05, 0.1) is 17.6 Å². The van der Waals surface area contributed by atoms with E-state index in [1.807, 2.05) is 50.4 Å². The fraction of sp³-hybridized carbons (Fsp3) is 0.364. The molecule has 0 fully saturated rings. The molecule has 1 aromatic carbocycles. The van der Waals surface area contributed by atoms with Crippen LogP contribution in [-0.4, -0.2) is 17.1 Å². The molecule has 0 aliphatic heterocycles. The zero-order valence-electron chi connectivity index (χ0n) is 16.7. The van der Waals surface area contributed by atoms with Gasteiger partial charge in [-0.05, 0) is 31.9 Å². The average Bonchev–Trinajstić information content (AvgIpc) is 3.00. The van der Waals surface area contributed by atoms with Crippen molar-refractivity contribution in [1.82, 2.24) is 9.88 Å². The lowest BCUT2D eigenvalue weighted by Crippen LogP contribution is -2.27. The van der Waals surface area contributed by atoms with Crippen molar-refractivity contribution in [3.8, 4) is 5.75 Å². The van der Waals surface area contributed by atoms with Crippen molar-refractivity contribution in [3.63, 3.8) is 0 Å². The topological polar surface area (TPSA) is 60.3 Å². The summed E-state index contributed by atoms with van der Waals surface area (Å²) in [6.45, 7) is 9.50.